The molecule has 0 aliphatic rings. The summed E-state index contributed by atoms with van der Waals surface area (Å²) in [4.78, 5) is 25.6. The predicted octanol–water partition coefficient (Wildman–Crippen LogP) is 1.83. The van der Waals surface area contributed by atoms with Gasteiger partial charge in [0.15, 0.2) is 0 Å². The quantitative estimate of drug-likeness (QED) is 0.479. The summed E-state index contributed by atoms with van der Waals surface area (Å²) in [7, 11) is 0. The molecule has 1 aromatic heterocycles. The molecule has 0 atom stereocenters. The number of rotatable bonds is 6. The molecule has 0 radical (unpaired) electrons. The van der Waals surface area contributed by atoms with Crippen LogP contribution < -0.4 is 10.6 Å². The highest BCUT2D eigenvalue weighted by atomic mass is 16.6. The van der Waals surface area contributed by atoms with E-state index < -0.39 is 4.92 Å². The van der Waals surface area contributed by atoms with E-state index in [0.717, 1.165) is 0 Å². The van der Waals surface area contributed by atoms with Crippen LogP contribution in [0.5, 0.6) is 0 Å². The SMILES string of the molecule is O=C(NCCNc1ccc([N+](=O)[O-])cn1)c1ccccc1. The third kappa shape index (κ3) is 4.27. The summed E-state index contributed by atoms with van der Waals surface area (Å²) in [5.74, 6) is 0.378. The van der Waals surface area contributed by atoms with Gasteiger partial charge >= 0.3 is 0 Å². The minimum Gasteiger partial charge on any atom is -0.368 e. The number of hydrogen-bond donors (Lipinski definition) is 2. The smallest absolute Gasteiger partial charge is 0.287 e. The fraction of sp³-hybridized carbons (Fsp3) is 0.143. The maximum atomic E-state index is 11.7. The zero-order valence-corrected chi connectivity index (χ0v) is 11.2. The maximum absolute atomic E-state index is 11.7. The van der Waals surface area contributed by atoms with E-state index in [-0.39, 0.29) is 11.6 Å². The van der Waals surface area contributed by atoms with Crippen LogP contribution in [-0.2, 0) is 0 Å². The number of hydrogen-bond acceptors (Lipinski definition) is 5. The monoisotopic (exact) mass is 286 g/mol. The van der Waals surface area contributed by atoms with E-state index in [2.05, 4.69) is 15.6 Å². The normalized spacial score (nSPS) is 9.90. The van der Waals surface area contributed by atoms with Gasteiger partial charge in [-0.05, 0) is 18.2 Å². The number of nitrogens with one attached hydrogen (secondary N) is 2. The van der Waals surface area contributed by atoms with Crippen molar-refractivity contribution in [2.75, 3.05) is 18.4 Å². The Balaban J connectivity index is 1.75. The van der Waals surface area contributed by atoms with Crippen molar-refractivity contribution in [3.05, 3.63) is 64.3 Å². The molecular weight excluding hydrogens is 272 g/mol. The zero-order valence-electron chi connectivity index (χ0n) is 11.2. The number of pyridine rings is 1. The molecule has 1 amide bonds. The van der Waals surface area contributed by atoms with Gasteiger partial charge in [-0.2, -0.15) is 0 Å². The van der Waals surface area contributed by atoms with Crippen molar-refractivity contribution >= 4 is 17.4 Å². The van der Waals surface area contributed by atoms with Crippen molar-refractivity contribution in [1.82, 2.24) is 10.3 Å². The number of anilines is 1. The fourth-order valence-corrected chi connectivity index (χ4v) is 1.66. The second-order valence-corrected chi connectivity index (χ2v) is 4.21. The summed E-state index contributed by atoms with van der Waals surface area (Å²) in [5.41, 5.74) is 0.545. The number of carbonyl (C=O) groups excluding carboxylic acids is 1. The van der Waals surface area contributed by atoms with E-state index in [1.165, 1.54) is 18.3 Å². The van der Waals surface area contributed by atoms with Crippen molar-refractivity contribution in [3.63, 3.8) is 0 Å². The lowest BCUT2D eigenvalue weighted by Crippen LogP contribution is -2.28. The summed E-state index contributed by atoms with van der Waals surface area (Å²) in [5, 5.41) is 16.2. The topological polar surface area (TPSA) is 97.2 Å². The molecule has 2 aromatic rings. The summed E-state index contributed by atoms with van der Waals surface area (Å²) in [6.45, 7) is 0.899. The highest BCUT2D eigenvalue weighted by Gasteiger charge is 2.05. The van der Waals surface area contributed by atoms with Crippen LogP contribution in [0, 0.1) is 10.1 Å². The molecule has 7 heteroatoms. The molecule has 2 rings (SSSR count). The van der Waals surface area contributed by atoms with Gasteiger partial charge in [-0.25, -0.2) is 4.98 Å². The molecule has 0 aliphatic carbocycles. The molecule has 2 N–H and O–H groups in total. The molecule has 0 saturated heterocycles. The highest BCUT2D eigenvalue weighted by Crippen LogP contribution is 2.11. The van der Waals surface area contributed by atoms with Crippen LogP contribution in [0.1, 0.15) is 10.4 Å². The van der Waals surface area contributed by atoms with Gasteiger partial charge in [-0.3, -0.25) is 14.9 Å². The molecule has 1 aromatic carbocycles. The summed E-state index contributed by atoms with van der Waals surface area (Å²) in [6.07, 6.45) is 1.19. The maximum Gasteiger partial charge on any atom is 0.287 e. The van der Waals surface area contributed by atoms with Crippen molar-refractivity contribution in [1.29, 1.82) is 0 Å². The van der Waals surface area contributed by atoms with Crippen LogP contribution >= 0.6 is 0 Å². The van der Waals surface area contributed by atoms with Gasteiger partial charge in [0.05, 0.1) is 4.92 Å². The second-order valence-electron chi connectivity index (χ2n) is 4.21. The van der Waals surface area contributed by atoms with Gasteiger partial charge in [-0.1, -0.05) is 18.2 Å². The number of amides is 1. The first-order chi connectivity index (χ1) is 10.2. The van der Waals surface area contributed by atoms with Crippen molar-refractivity contribution < 1.29 is 9.72 Å². The number of nitrogens with zero attached hydrogens (tertiary/aromatic N) is 2. The summed E-state index contributed by atoms with van der Waals surface area (Å²) in [6, 6.07) is 11.8. The van der Waals surface area contributed by atoms with E-state index in [1.54, 1.807) is 24.3 Å². The van der Waals surface area contributed by atoms with E-state index >= 15 is 0 Å². The Labute approximate surface area is 121 Å². The first-order valence-corrected chi connectivity index (χ1v) is 6.34. The number of carbonyl (C=O) groups is 1. The molecular formula is C14H14N4O3. The van der Waals surface area contributed by atoms with Crippen LogP contribution in [0.3, 0.4) is 0 Å². The van der Waals surface area contributed by atoms with Crippen molar-refractivity contribution in [2.45, 2.75) is 0 Å². The largest absolute Gasteiger partial charge is 0.368 e. The van der Waals surface area contributed by atoms with Crippen LogP contribution in [-0.4, -0.2) is 28.9 Å². The van der Waals surface area contributed by atoms with Crippen molar-refractivity contribution in [2.24, 2.45) is 0 Å². The molecule has 21 heavy (non-hydrogen) atoms. The molecule has 1 heterocycles. The van der Waals surface area contributed by atoms with Gasteiger partial charge in [0, 0.05) is 24.7 Å². The summed E-state index contributed by atoms with van der Waals surface area (Å²) < 4.78 is 0. The lowest BCUT2D eigenvalue weighted by Gasteiger charge is -2.07. The third-order valence-corrected chi connectivity index (χ3v) is 2.71. The van der Waals surface area contributed by atoms with Gasteiger partial charge < -0.3 is 10.6 Å². The van der Waals surface area contributed by atoms with Crippen LogP contribution in [0.15, 0.2) is 48.7 Å². The first-order valence-electron chi connectivity index (χ1n) is 6.34. The average Bonchev–Trinajstić information content (AvgIpc) is 2.52. The van der Waals surface area contributed by atoms with Gasteiger partial charge in [0.25, 0.3) is 11.6 Å². The molecule has 0 spiro atoms. The molecule has 0 bridgehead atoms. The zero-order chi connectivity index (χ0) is 15.1. The Morgan fingerprint density at radius 1 is 1.14 bits per heavy atom. The van der Waals surface area contributed by atoms with Gasteiger partial charge in [-0.15, -0.1) is 0 Å². The van der Waals surface area contributed by atoms with E-state index in [4.69, 9.17) is 0 Å². The van der Waals surface area contributed by atoms with E-state index in [0.29, 0.717) is 24.5 Å². The second kappa shape index (κ2) is 6.99. The Morgan fingerprint density at radius 2 is 1.90 bits per heavy atom. The minimum absolute atomic E-state index is 0.0575. The Hall–Kier alpha value is -2.96. The number of benzene rings is 1. The number of aromatic nitrogens is 1. The molecule has 0 saturated carbocycles. The molecule has 108 valence electrons. The van der Waals surface area contributed by atoms with E-state index in [9.17, 15) is 14.9 Å². The molecule has 0 unspecified atom stereocenters. The van der Waals surface area contributed by atoms with Crippen molar-refractivity contribution in [3.8, 4) is 0 Å². The van der Waals surface area contributed by atoms with Crippen LogP contribution in [0.25, 0.3) is 0 Å². The van der Waals surface area contributed by atoms with Crippen LogP contribution in [0.4, 0.5) is 11.5 Å². The highest BCUT2D eigenvalue weighted by molar-refractivity contribution is 5.94. The minimum atomic E-state index is -0.503. The molecule has 0 aliphatic heterocycles. The molecule has 7 nitrogen and oxygen atoms in total. The Morgan fingerprint density at radius 3 is 2.52 bits per heavy atom. The molecule has 0 fully saturated rings. The fourth-order valence-electron chi connectivity index (χ4n) is 1.66. The Kier molecular flexibility index (Phi) is 4.81. The van der Waals surface area contributed by atoms with E-state index in [1.807, 2.05) is 6.07 Å². The standard InChI is InChI=1S/C14H14N4O3/c19-14(11-4-2-1-3-5-11)16-9-8-15-13-7-6-12(10-17-13)18(20)21/h1-7,10H,8-9H2,(H,15,17)(H,16,19). The lowest BCUT2D eigenvalue weighted by molar-refractivity contribution is -0.385. The van der Waals surface area contributed by atoms with Gasteiger partial charge in [0.1, 0.15) is 12.0 Å². The lowest BCUT2D eigenvalue weighted by atomic mass is 10.2. The van der Waals surface area contributed by atoms with Gasteiger partial charge in [0.2, 0.25) is 0 Å². The average molecular weight is 286 g/mol. The number of nitro groups is 1. The Bertz CT molecular complexity index is 614. The predicted molar refractivity (Wildman–Crippen MR) is 78.2 cm³/mol. The third-order valence-electron chi connectivity index (χ3n) is 2.71. The first kappa shape index (κ1) is 14.4. The summed E-state index contributed by atoms with van der Waals surface area (Å²) >= 11 is 0. The van der Waals surface area contributed by atoms with Crippen LogP contribution in [0.2, 0.25) is 0 Å².